The number of ether oxygens (including phenoxy) is 2. The number of aryl methyl sites for hydroxylation is 2. The molecule has 5 rings (SSSR count). The van der Waals surface area contributed by atoms with E-state index in [-0.39, 0.29) is 11.7 Å². The van der Waals surface area contributed by atoms with Gasteiger partial charge in [-0.1, -0.05) is 65.6 Å². The lowest BCUT2D eigenvalue weighted by molar-refractivity contribution is 0.129. The molecule has 2 aromatic carbocycles. The first kappa shape index (κ1) is 23.3. The van der Waals surface area contributed by atoms with Crippen molar-refractivity contribution in [2.75, 3.05) is 19.5 Å². The molecule has 1 atom stereocenters. The van der Waals surface area contributed by atoms with E-state index >= 15 is 0 Å². The fourth-order valence-corrected chi connectivity index (χ4v) is 6.50. The summed E-state index contributed by atoms with van der Waals surface area (Å²) in [6.07, 6.45) is 3.09. The Morgan fingerprint density at radius 2 is 2.00 bits per heavy atom. The van der Waals surface area contributed by atoms with Gasteiger partial charge in [-0.3, -0.25) is 9.36 Å². The third-order valence-corrected chi connectivity index (χ3v) is 8.37. The Morgan fingerprint density at radius 3 is 2.76 bits per heavy atom. The first-order valence-corrected chi connectivity index (χ1v) is 13.4. The van der Waals surface area contributed by atoms with Crippen LogP contribution in [0, 0.1) is 3.95 Å². The monoisotopic (exact) mass is 511 g/mol. The van der Waals surface area contributed by atoms with Crippen LogP contribution in [0.25, 0.3) is 16.0 Å². The quantitative estimate of drug-likeness (QED) is 0.177. The molecule has 0 amide bonds. The predicted molar refractivity (Wildman–Crippen MR) is 140 cm³/mol. The van der Waals surface area contributed by atoms with Gasteiger partial charge in [0.05, 0.1) is 18.9 Å². The molecule has 0 aliphatic carbocycles. The number of para-hydroxylation sites is 2. The van der Waals surface area contributed by atoms with Gasteiger partial charge in [0.15, 0.2) is 14.8 Å². The number of thioether (sulfide) groups is 1. The van der Waals surface area contributed by atoms with Crippen LogP contribution in [0.15, 0.2) is 64.5 Å². The lowest BCUT2D eigenvalue weighted by Gasteiger charge is -2.16. The van der Waals surface area contributed by atoms with Crippen molar-refractivity contribution in [3.05, 3.63) is 74.5 Å². The number of benzene rings is 2. The fourth-order valence-electron chi connectivity index (χ4n) is 4.13. The Labute approximate surface area is 211 Å². The molecule has 1 aliphatic rings. The molecule has 0 radical (unpaired) electrons. The minimum atomic E-state index is -0.126. The van der Waals surface area contributed by atoms with Gasteiger partial charge in [0.1, 0.15) is 10.4 Å². The molecular weight excluding hydrogens is 486 g/mol. The van der Waals surface area contributed by atoms with Gasteiger partial charge in [-0.05, 0) is 49.2 Å². The Balaban J connectivity index is 1.61. The van der Waals surface area contributed by atoms with Crippen LogP contribution in [0.2, 0.25) is 0 Å². The molecule has 0 unspecified atom stereocenters. The second-order valence-corrected chi connectivity index (χ2v) is 10.7. The second kappa shape index (κ2) is 10.4. The second-order valence-electron chi connectivity index (χ2n) is 8.06. The minimum absolute atomic E-state index is 0.126. The van der Waals surface area contributed by atoms with E-state index in [1.165, 1.54) is 16.9 Å². The fraction of sp³-hybridized carbons (Fsp3) is 0.320. The molecule has 0 saturated carbocycles. The number of hydrogen-bond donors (Lipinski definition) is 0. The summed E-state index contributed by atoms with van der Waals surface area (Å²) >= 11 is 8.54. The van der Waals surface area contributed by atoms with E-state index < -0.39 is 0 Å². The first-order chi connectivity index (χ1) is 16.7. The Bertz CT molecular complexity index is 1410. The summed E-state index contributed by atoms with van der Waals surface area (Å²) in [6, 6.07) is 17.8. The number of methoxy groups -OCH3 is 1. The highest BCUT2D eigenvalue weighted by Crippen LogP contribution is 2.30. The van der Waals surface area contributed by atoms with Gasteiger partial charge in [0.2, 0.25) is 0 Å². The van der Waals surface area contributed by atoms with Crippen LogP contribution in [0.3, 0.4) is 0 Å². The van der Waals surface area contributed by atoms with Crippen LogP contribution in [0.4, 0.5) is 0 Å². The number of hydrogen-bond acceptors (Lipinski definition) is 7. The van der Waals surface area contributed by atoms with E-state index in [0.29, 0.717) is 37.4 Å². The molecular formula is C25H25N3O3S3. The van der Waals surface area contributed by atoms with Crippen LogP contribution in [0.5, 0.6) is 5.75 Å². The zero-order valence-electron chi connectivity index (χ0n) is 18.8. The molecule has 34 heavy (non-hydrogen) atoms. The summed E-state index contributed by atoms with van der Waals surface area (Å²) in [7, 11) is 1.61. The number of fused-ring (bicyclic) bond motifs is 1. The van der Waals surface area contributed by atoms with E-state index in [1.807, 2.05) is 47.0 Å². The number of aromatic nitrogens is 3. The SMILES string of the molecule is COc1ccccc1-n1c(SC[C@H]2CCCO2)nc2c(sc(=S)n2CCc2ccccc2)c1=O. The van der Waals surface area contributed by atoms with Crippen LogP contribution in [-0.2, 0) is 17.7 Å². The first-order valence-electron chi connectivity index (χ1n) is 11.2. The van der Waals surface area contributed by atoms with Crippen molar-refractivity contribution >= 4 is 45.7 Å². The lowest BCUT2D eigenvalue weighted by atomic mass is 10.1. The van der Waals surface area contributed by atoms with Crippen LogP contribution < -0.4 is 10.3 Å². The Morgan fingerprint density at radius 1 is 1.21 bits per heavy atom. The van der Waals surface area contributed by atoms with Crippen LogP contribution in [-0.4, -0.2) is 39.7 Å². The topological polar surface area (TPSA) is 58.3 Å². The molecule has 1 fully saturated rings. The summed E-state index contributed by atoms with van der Waals surface area (Å²) in [5.74, 6) is 1.36. The molecule has 0 N–H and O–H groups in total. The maximum absolute atomic E-state index is 13.8. The molecule has 1 aliphatic heterocycles. The summed E-state index contributed by atoms with van der Waals surface area (Å²) in [5, 5.41) is 0.624. The van der Waals surface area contributed by atoms with Crippen molar-refractivity contribution in [1.29, 1.82) is 0 Å². The number of thiazole rings is 1. The highest BCUT2D eigenvalue weighted by atomic mass is 32.2. The smallest absolute Gasteiger partial charge is 0.278 e. The van der Waals surface area contributed by atoms with Gasteiger partial charge in [-0.15, -0.1) is 0 Å². The molecule has 0 bridgehead atoms. The van der Waals surface area contributed by atoms with Gasteiger partial charge < -0.3 is 14.0 Å². The largest absolute Gasteiger partial charge is 0.495 e. The minimum Gasteiger partial charge on any atom is -0.495 e. The van der Waals surface area contributed by atoms with Crippen LogP contribution in [0.1, 0.15) is 18.4 Å². The highest BCUT2D eigenvalue weighted by Gasteiger charge is 2.22. The zero-order chi connectivity index (χ0) is 23.5. The molecule has 176 valence electrons. The summed E-state index contributed by atoms with van der Waals surface area (Å²) in [4.78, 5) is 18.8. The third-order valence-electron chi connectivity index (χ3n) is 5.87. The van der Waals surface area contributed by atoms with Crippen molar-refractivity contribution in [3.8, 4) is 11.4 Å². The molecule has 2 aromatic heterocycles. The van der Waals surface area contributed by atoms with Gasteiger partial charge >= 0.3 is 0 Å². The third kappa shape index (κ3) is 4.70. The van der Waals surface area contributed by atoms with E-state index in [2.05, 4.69) is 12.1 Å². The average molecular weight is 512 g/mol. The lowest BCUT2D eigenvalue weighted by Crippen LogP contribution is -2.23. The van der Waals surface area contributed by atoms with E-state index in [4.69, 9.17) is 26.7 Å². The van der Waals surface area contributed by atoms with E-state index in [0.717, 1.165) is 31.6 Å². The van der Waals surface area contributed by atoms with Crippen molar-refractivity contribution < 1.29 is 9.47 Å². The number of rotatable bonds is 8. The molecule has 3 heterocycles. The van der Waals surface area contributed by atoms with Crippen molar-refractivity contribution in [2.45, 2.75) is 37.1 Å². The number of nitrogens with zero attached hydrogens (tertiary/aromatic N) is 3. The zero-order valence-corrected chi connectivity index (χ0v) is 21.3. The van der Waals surface area contributed by atoms with E-state index in [9.17, 15) is 4.79 Å². The van der Waals surface area contributed by atoms with Gasteiger partial charge in [0, 0.05) is 18.9 Å². The molecule has 9 heteroatoms. The standard InChI is InChI=1S/C25H25N3O3S3/c1-30-20-12-6-5-11-19(20)28-23(29)21-22(26-24(28)33-16-18-10-7-15-31-18)27(25(32)34-21)14-13-17-8-3-2-4-9-17/h2-6,8-9,11-12,18H,7,10,13-16H2,1H3/t18-/m1/s1. The maximum Gasteiger partial charge on any atom is 0.278 e. The summed E-state index contributed by atoms with van der Waals surface area (Å²) < 4.78 is 16.3. The highest BCUT2D eigenvalue weighted by molar-refractivity contribution is 7.99. The van der Waals surface area contributed by atoms with Gasteiger partial charge in [-0.2, -0.15) is 0 Å². The van der Waals surface area contributed by atoms with Gasteiger partial charge in [0.25, 0.3) is 5.56 Å². The normalized spacial score (nSPS) is 15.7. The molecule has 4 aromatic rings. The van der Waals surface area contributed by atoms with Crippen molar-refractivity contribution in [3.63, 3.8) is 0 Å². The summed E-state index contributed by atoms with van der Waals surface area (Å²) in [6.45, 7) is 1.46. The Hall–Kier alpha value is -2.46. The van der Waals surface area contributed by atoms with E-state index in [1.54, 1.807) is 23.4 Å². The van der Waals surface area contributed by atoms with Crippen LogP contribution >= 0.6 is 35.3 Å². The predicted octanol–water partition coefficient (Wildman–Crippen LogP) is 5.50. The molecule has 1 saturated heterocycles. The van der Waals surface area contributed by atoms with Crippen molar-refractivity contribution in [1.82, 2.24) is 14.1 Å². The molecule has 0 spiro atoms. The molecule has 6 nitrogen and oxygen atoms in total. The summed E-state index contributed by atoms with van der Waals surface area (Å²) in [5.41, 5.74) is 2.42. The van der Waals surface area contributed by atoms with Crippen molar-refractivity contribution in [2.24, 2.45) is 0 Å². The average Bonchev–Trinajstić information content (AvgIpc) is 3.50. The van der Waals surface area contributed by atoms with Gasteiger partial charge in [-0.25, -0.2) is 4.98 Å². The maximum atomic E-state index is 13.8. The Kier molecular flexibility index (Phi) is 7.15.